The predicted octanol–water partition coefficient (Wildman–Crippen LogP) is 1.59. The van der Waals surface area contributed by atoms with Crippen LogP contribution in [0.4, 0.5) is 13.2 Å². The average molecular weight is 290 g/mol. The van der Waals surface area contributed by atoms with Crippen LogP contribution in [-0.4, -0.2) is 40.4 Å². The lowest BCUT2D eigenvalue weighted by atomic mass is 9.77. The molecule has 0 radical (unpaired) electrons. The van der Waals surface area contributed by atoms with Gasteiger partial charge in [0.1, 0.15) is 5.75 Å². The van der Waals surface area contributed by atoms with Gasteiger partial charge in [-0.1, -0.05) is 12.1 Å². The van der Waals surface area contributed by atoms with Crippen molar-refractivity contribution in [2.45, 2.75) is 6.36 Å². The van der Waals surface area contributed by atoms with Crippen LogP contribution >= 0.6 is 0 Å². The molecule has 0 atom stereocenters. The maximum atomic E-state index is 12.0. The maximum Gasteiger partial charge on any atom is 0.573 e. The highest BCUT2D eigenvalue weighted by atomic mass is 19.4. The highest BCUT2D eigenvalue weighted by Gasteiger charge is 2.32. The van der Waals surface area contributed by atoms with E-state index in [1.54, 1.807) is 7.11 Å². The second kappa shape index (κ2) is 6.47. The van der Waals surface area contributed by atoms with E-state index < -0.39 is 13.5 Å². The standard InChI is InChI=1S/C12H14BF3O4/c1-17-6-9-7-18-13(19-8-9)10-2-4-11(5-3-10)20-12(14,15)16/h2-5,9H,6-8H2,1H3. The summed E-state index contributed by atoms with van der Waals surface area (Å²) in [5.74, 6) is -0.0987. The second-order valence-electron chi connectivity index (χ2n) is 4.44. The van der Waals surface area contributed by atoms with Crippen LogP contribution in [0.5, 0.6) is 5.75 Å². The molecule has 0 bridgehead atoms. The van der Waals surface area contributed by atoms with Gasteiger partial charge in [-0.15, -0.1) is 13.2 Å². The smallest absolute Gasteiger partial charge is 0.407 e. The normalized spacial score (nSPS) is 17.3. The first kappa shape index (κ1) is 15.1. The molecule has 4 nitrogen and oxygen atoms in total. The lowest BCUT2D eigenvalue weighted by Gasteiger charge is -2.26. The molecule has 0 unspecified atom stereocenters. The molecule has 1 aliphatic rings. The fraction of sp³-hybridized carbons (Fsp3) is 0.500. The maximum absolute atomic E-state index is 12.0. The minimum absolute atomic E-state index is 0.170. The molecule has 0 saturated carbocycles. The molecule has 1 fully saturated rings. The van der Waals surface area contributed by atoms with Gasteiger partial charge in [-0.2, -0.15) is 0 Å². The largest absolute Gasteiger partial charge is 0.573 e. The van der Waals surface area contributed by atoms with E-state index in [0.29, 0.717) is 25.3 Å². The van der Waals surface area contributed by atoms with Gasteiger partial charge in [0, 0.05) is 26.2 Å². The van der Waals surface area contributed by atoms with Crippen LogP contribution in [0.1, 0.15) is 0 Å². The Balaban J connectivity index is 1.91. The summed E-state index contributed by atoms with van der Waals surface area (Å²) >= 11 is 0. The molecule has 0 amide bonds. The van der Waals surface area contributed by atoms with Crippen molar-refractivity contribution < 1.29 is 32.0 Å². The third-order valence-electron chi connectivity index (χ3n) is 2.75. The Bertz CT molecular complexity index is 416. The van der Waals surface area contributed by atoms with Crippen LogP contribution in [0.25, 0.3) is 0 Å². The van der Waals surface area contributed by atoms with Gasteiger partial charge in [0.05, 0.1) is 6.61 Å². The molecule has 20 heavy (non-hydrogen) atoms. The first-order valence-electron chi connectivity index (χ1n) is 6.06. The van der Waals surface area contributed by atoms with Gasteiger partial charge in [0.25, 0.3) is 0 Å². The number of hydrogen-bond donors (Lipinski definition) is 0. The van der Waals surface area contributed by atoms with E-state index in [-0.39, 0.29) is 11.7 Å². The first-order chi connectivity index (χ1) is 9.48. The third kappa shape index (κ3) is 4.40. The number of ether oxygens (including phenoxy) is 2. The van der Waals surface area contributed by atoms with Crippen LogP contribution in [0.15, 0.2) is 24.3 Å². The number of rotatable bonds is 4. The van der Waals surface area contributed by atoms with Crippen LogP contribution in [0.2, 0.25) is 0 Å². The Morgan fingerprint density at radius 1 is 1.20 bits per heavy atom. The van der Waals surface area contributed by atoms with Gasteiger partial charge in [0.2, 0.25) is 0 Å². The van der Waals surface area contributed by atoms with Crippen molar-refractivity contribution in [1.82, 2.24) is 0 Å². The zero-order chi connectivity index (χ0) is 14.6. The van der Waals surface area contributed by atoms with Gasteiger partial charge in [-0.05, 0) is 17.6 Å². The molecular weight excluding hydrogens is 276 g/mol. The molecule has 1 heterocycles. The summed E-state index contributed by atoms with van der Waals surface area (Å²) in [5, 5.41) is 0. The predicted molar refractivity (Wildman–Crippen MR) is 65.8 cm³/mol. The van der Waals surface area contributed by atoms with Crippen molar-refractivity contribution in [1.29, 1.82) is 0 Å². The number of hydrogen-bond acceptors (Lipinski definition) is 4. The van der Waals surface area contributed by atoms with Gasteiger partial charge in [-0.3, -0.25) is 0 Å². The number of benzene rings is 1. The molecule has 1 saturated heterocycles. The molecule has 0 spiro atoms. The molecular formula is C12H14BF3O4. The topological polar surface area (TPSA) is 36.9 Å². The number of methoxy groups -OCH3 is 1. The van der Waals surface area contributed by atoms with E-state index in [1.807, 2.05) is 0 Å². The Morgan fingerprint density at radius 2 is 1.80 bits per heavy atom. The number of halogens is 3. The molecule has 110 valence electrons. The van der Waals surface area contributed by atoms with E-state index in [2.05, 4.69) is 4.74 Å². The zero-order valence-corrected chi connectivity index (χ0v) is 10.9. The van der Waals surface area contributed by atoms with Crippen molar-refractivity contribution >= 4 is 12.6 Å². The Kier molecular flexibility index (Phi) is 4.90. The summed E-state index contributed by atoms with van der Waals surface area (Å²) < 4.78 is 55.9. The van der Waals surface area contributed by atoms with Gasteiger partial charge < -0.3 is 18.8 Å². The zero-order valence-electron chi connectivity index (χ0n) is 10.9. The van der Waals surface area contributed by atoms with Crippen molar-refractivity contribution in [3.63, 3.8) is 0 Å². The van der Waals surface area contributed by atoms with Crippen molar-refractivity contribution in [3.05, 3.63) is 24.3 Å². The van der Waals surface area contributed by atoms with E-state index in [0.717, 1.165) is 0 Å². The fourth-order valence-electron chi connectivity index (χ4n) is 1.89. The Morgan fingerprint density at radius 3 is 2.30 bits per heavy atom. The molecule has 8 heteroatoms. The molecule has 0 aromatic heterocycles. The van der Waals surface area contributed by atoms with Gasteiger partial charge >= 0.3 is 13.5 Å². The third-order valence-corrected chi connectivity index (χ3v) is 2.75. The summed E-state index contributed by atoms with van der Waals surface area (Å²) in [6.07, 6.45) is -4.69. The summed E-state index contributed by atoms with van der Waals surface area (Å²) in [6.45, 7) is 1.52. The molecule has 1 aliphatic heterocycles. The summed E-state index contributed by atoms with van der Waals surface area (Å²) in [7, 11) is 1.04. The molecule has 0 aliphatic carbocycles. The second-order valence-corrected chi connectivity index (χ2v) is 4.44. The lowest BCUT2D eigenvalue weighted by Crippen LogP contribution is -2.45. The van der Waals surface area contributed by atoms with Crippen molar-refractivity contribution in [3.8, 4) is 5.75 Å². The molecule has 1 aromatic carbocycles. The summed E-state index contributed by atoms with van der Waals surface area (Å²) in [5.41, 5.74) is 0.649. The monoisotopic (exact) mass is 290 g/mol. The van der Waals surface area contributed by atoms with Crippen LogP contribution in [0.3, 0.4) is 0 Å². The Hall–Kier alpha value is -1.25. The van der Waals surface area contributed by atoms with E-state index in [1.165, 1.54) is 24.3 Å². The average Bonchev–Trinajstić information content (AvgIpc) is 2.39. The van der Waals surface area contributed by atoms with Gasteiger partial charge in [0.15, 0.2) is 0 Å². The van der Waals surface area contributed by atoms with Gasteiger partial charge in [-0.25, -0.2) is 0 Å². The highest BCUT2D eigenvalue weighted by molar-refractivity contribution is 6.61. The Labute approximate surface area is 114 Å². The highest BCUT2D eigenvalue weighted by Crippen LogP contribution is 2.21. The molecule has 1 aromatic rings. The fourth-order valence-corrected chi connectivity index (χ4v) is 1.89. The molecule has 0 N–H and O–H groups in total. The van der Waals surface area contributed by atoms with E-state index in [4.69, 9.17) is 14.0 Å². The van der Waals surface area contributed by atoms with E-state index in [9.17, 15) is 13.2 Å². The van der Waals surface area contributed by atoms with Crippen LogP contribution in [-0.2, 0) is 14.0 Å². The summed E-state index contributed by atoms with van der Waals surface area (Å²) in [6, 6.07) is 5.44. The van der Waals surface area contributed by atoms with Crippen molar-refractivity contribution in [2.75, 3.05) is 26.9 Å². The van der Waals surface area contributed by atoms with Crippen LogP contribution in [0, 0.1) is 5.92 Å². The number of alkyl halides is 3. The minimum Gasteiger partial charge on any atom is -0.407 e. The quantitative estimate of drug-likeness (QED) is 0.789. The van der Waals surface area contributed by atoms with E-state index >= 15 is 0 Å². The lowest BCUT2D eigenvalue weighted by molar-refractivity contribution is -0.274. The van der Waals surface area contributed by atoms with Crippen LogP contribution < -0.4 is 10.2 Å². The summed E-state index contributed by atoms with van der Waals surface area (Å²) in [4.78, 5) is 0. The first-order valence-corrected chi connectivity index (χ1v) is 6.06. The molecule has 2 rings (SSSR count). The SMILES string of the molecule is COCC1COB(c2ccc(OC(F)(F)F)cc2)OC1. The van der Waals surface area contributed by atoms with Crippen molar-refractivity contribution in [2.24, 2.45) is 5.92 Å². The minimum atomic E-state index is -4.69.